The smallest absolute Gasteiger partial charge is 0.121 e. The molecule has 0 heterocycles. The third kappa shape index (κ3) is 3.20. The number of halogens is 1. The number of hydrogen-bond donors (Lipinski definition) is 2. The van der Waals surface area contributed by atoms with Crippen molar-refractivity contribution in [1.82, 2.24) is 5.32 Å². The lowest BCUT2D eigenvalue weighted by Gasteiger charge is -2.21. The zero-order chi connectivity index (χ0) is 10.8. The minimum atomic E-state index is 0.0195. The van der Waals surface area contributed by atoms with Gasteiger partial charge in [0.25, 0.3) is 0 Å². The lowest BCUT2D eigenvalue weighted by Crippen LogP contribution is -2.35. The molecular formula is C11H16ClNO. The Kier molecular flexibility index (Phi) is 3.40. The van der Waals surface area contributed by atoms with Crippen molar-refractivity contribution in [2.24, 2.45) is 0 Å². The second kappa shape index (κ2) is 4.20. The molecule has 14 heavy (non-hydrogen) atoms. The maximum Gasteiger partial charge on any atom is 0.121 e. The lowest BCUT2D eigenvalue weighted by atomic mass is 10.1. The Labute approximate surface area is 89.9 Å². The Balaban J connectivity index is 2.77. The van der Waals surface area contributed by atoms with Crippen LogP contribution in [0.3, 0.4) is 0 Å². The molecule has 0 aliphatic rings. The van der Waals surface area contributed by atoms with E-state index in [9.17, 15) is 5.11 Å². The van der Waals surface area contributed by atoms with Crippen LogP contribution in [-0.4, -0.2) is 10.6 Å². The first-order valence-corrected chi connectivity index (χ1v) is 4.99. The van der Waals surface area contributed by atoms with Crippen molar-refractivity contribution in [3.05, 3.63) is 28.8 Å². The third-order valence-electron chi connectivity index (χ3n) is 1.89. The molecular weight excluding hydrogens is 198 g/mol. The fourth-order valence-corrected chi connectivity index (χ4v) is 1.31. The average molecular weight is 214 g/mol. The molecule has 0 fully saturated rings. The second-order valence-electron chi connectivity index (χ2n) is 4.34. The standard InChI is InChI=1S/C11H16ClNO/c1-11(2,3)13-7-8-9(12)5-4-6-10(8)14/h4-6,13-14H,7H2,1-3H3. The molecule has 0 spiro atoms. The van der Waals surface area contributed by atoms with Crippen LogP contribution in [0.5, 0.6) is 5.75 Å². The van der Waals surface area contributed by atoms with Crippen molar-refractivity contribution in [3.63, 3.8) is 0 Å². The molecule has 2 N–H and O–H groups in total. The maximum absolute atomic E-state index is 9.56. The minimum absolute atomic E-state index is 0.0195. The summed E-state index contributed by atoms with van der Waals surface area (Å²) >= 11 is 5.96. The topological polar surface area (TPSA) is 32.3 Å². The quantitative estimate of drug-likeness (QED) is 0.792. The summed E-state index contributed by atoms with van der Waals surface area (Å²) in [7, 11) is 0. The van der Waals surface area contributed by atoms with Crippen molar-refractivity contribution in [3.8, 4) is 5.75 Å². The SMILES string of the molecule is CC(C)(C)NCc1c(O)cccc1Cl. The Morgan fingerprint density at radius 2 is 2.00 bits per heavy atom. The van der Waals surface area contributed by atoms with Crippen LogP contribution >= 0.6 is 11.6 Å². The van der Waals surface area contributed by atoms with E-state index in [4.69, 9.17) is 11.6 Å². The van der Waals surface area contributed by atoms with Crippen LogP contribution in [0.4, 0.5) is 0 Å². The molecule has 0 radical (unpaired) electrons. The molecule has 0 saturated carbocycles. The second-order valence-corrected chi connectivity index (χ2v) is 4.75. The van der Waals surface area contributed by atoms with Crippen LogP contribution in [0.2, 0.25) is 5.02 Å². The fourth-order valence-electron chi connectivity index (χ4n) is 1.08. The van der Waals surface area contributed by atoms with E-state index in [1.165, 1.54) is 0 Å². The summed E-state index contributed by atoms with van der Waals surface area (Å²) in [5, 5.41) is 13.4. The van der Waals surface area contributed by atoms with Gasteiger partial charge in [-0.3, -0.25) is 0 Å². The highest BCUT2D eigenvalue weighted by Gasteiger charge is 2.11. The number of phenols is 1. The summed E-state index contributed by atoms with van der Waals surface area (Å²) in [5.41, 5.74) is 0.773. The molecule has 0 saturated heterocycles. The number of aromatic hydroxyl groups is 1. The van der Waals surface area contributed by atoms with Gasteiger partial charge in [0.05, 0.1) is 0 Å². The molecule has 0 atom stereocenters. The summed E-state index contributed by atoms with van der Waals surface area (Å²) in [5.74, 6) is 0.245. The van der Waals surface area contributed by atoms with Gasteiger partial charge in [-0.25, -0.2) is 0 Å². The van der Waals surface area contributed by atoms with Crippen molar-refractivity contribution in [2.45, 2.75) is 32.9 Å². The molecule has 2 nitrogen and oxygen atoms in total. The first-order chi connectivity index (χ1) is 6.40. The van der Waals surface area contributed by atoms with Crippen LogP contribution in [0.15, 0.2) is 18.2 Å². The molecule has 1 aromatic rings. The van der Waals surface area contributed by atoms with Gasteiger partial charge in [-0.15, -0.1) is 0 Å². The highest BCUT2D eigenvalue weighted by molar-refractivity contribution is 6.31. The largest absolute Gasteiger partial charge is 0.508 e. The summed E-state index contributed by atoms with van der Waals surface area (Å²) in [6.07, 6.45) is 0. The Hall–Kier alpha value is -0.730. The minimum Gasteiger partial charge on any atom is -0.508 e. The number of rotatable bonds is 2. The van der Waals surface area contributed by atoms with E-state index >= 15 is 0 Å². The van der Waals surface area contributed by atoms with Gasteiger partial charge in [0.2, 0.25) is 0 Å². The Morgan fingerprint density at radius 3 is 2.50 bits per heavy atom. The number of phenolic OH excluding ortho intramolecular Hbond substituents is 1. The van der Waals surface area contributed by atoms with E-state index < -0.39 is 0 Å². The number of hydrogen-bond acceptors (Lipinski definition) is 2. The van der Waals surface area contributed by atoms with Crippen molar-refractivity contribution >= 4 is 11.6 Å². The van der Waals surface area contributed by atoms with E-state index in [0.717, 1.165) is 5.56 Å². The molecule has 0 aliphatic heterocycles. The maximum atomic E-state index is 9.56. The highest BCUT2D eigenvalue weighted by atomic mass is 35.5. The van der Waals surface area contributed by atoms with Crippen LogP contribution in [0, 0.1) is 0 Å². The van der Waals surface area contributed by atoms with Crippen LogP contribution in [0.25, 0.3) is 0 Å². The van der Waals surface area contributed by atoms with E-state index in [2.05, 4.69) is 26.1 Å². The first-order valence-electron chi connectivity index (χ1n) is 4.61. The van der Waals surface area contributed by atoms with Gasteiger partial charge in [-0.05, 0) is 32.9 Å². The number of nitrogens with one attached hydrogen (secondary N) is 1. The molecule has 1 rings (SSSR count). The van der Waals surface area contributed by atoms with Gasteiger partial charge >= 0.3 is 0 Å². The van der Waals surface area contributed by atoms with Gasteiger partial charge in [-0.2, -0.15) is 0 Å². The third-order valence-corrected chi connectivity index (χ3v) is 2.24. The van der Waals surface area contributed by atoms with Crippen LogP contribution < -0.4 is 5.32 Å². The van der Waals surface area contributed by atoms with Gasteiger partial charge in [0.1, 0.15) is 5.75 Å². The van der Waals surface area contributed by atoms with Crippen LogP contribution in [0.1, 0.15) is 26.3 Å². The molecule has 0 bridgehead atoms. The van der Waals surface area contributed by atoms with E-state index in [0.29, 0.717) is 11.6 Å². The van der Waals surface area contributed by atoms with Crippen LogP contribution in [-0.2, 0) is 6.54 Å². The van der Waals surface area contributed by atoms with Crippen molar-refractivity contribution in [2.75, 3.05) is 0 Å². The molecule has 0 unspecified atom stereocenters. The first kappa shape index (κ1) is 11.3. The zero-order valence-electron chi connectivity index (χ0n) is 8.76. The summed E-state index contributed by atoms with van der Waals surface area (Å²) in [4.78, 5) is 0. The van der Waals surface area contributed by atoms with E-state index in [-0.39, 0.29) is 11.3 Å². The van der Waals surface area contributed by atoms with Crippen molar-refractivity contribution in [1.29, 1.82) is 0 Å². The summed E-state index contributed by atoms with van der Waals surface area (Å²) in [6, 6.07) is 5.16. The summed E-state index contributed by atoms with van der Waals surface area (Å²) < 4.78 is 0. The van der Waals surface area contributed by atoms with E-state index in [1.807, 2.05) is 0 Å². The molecule has 0 aromatic heterocycles. The monoisotopic (exact) mass is 213 g/mol. The van der Waals surface area contributed by atoms with Crippen molar-refractivity contribution < 1.29 is 5.11 Å². The van der Waals surface area contributed by atoms with Gasteiger partial charge in [0, 0.05) is 22.7 Å². The molecule has 0 aliphatic carbocycles. The predicted octanol–water partition coefficient (Wildman–Crippen LogP) is 2.93. The zero-order valence-corrected chi connectivity index (χ0v) is 9.52. The van der Waals surface area contributed by atoms with E-state index in [1.54, 1.807) is 18.2 Å². The Bertz CT molecular complexity index is 297. The lowest BCUT2D eigenvalue weighted by molar-refractivity contribution is 0.412. The fraction of sp³-hybridized carbons (Fsp3) is 0.455. The number of benzene rings is 1. The highest BCUT2D eigenvalue weighted by Crippen LogP contribution is 2.25. The van der Waals surface area contributed by atoms with Gasteiger partial charge in [-0.1, -0.05) is 17.7 Å². The normalized spacial score (nSPS) is 11.7. The molecule has 3 heteroatoms. The molecule has 1 aromatic carbocycles. The van der Waals surface area contributed by atoms with Gasteiger partial charge < -0.3 is 10.4 Å². The predicted molar refractivity (Wildman–Crippen MR) is 59.7 cm³/mol. The average Bonchev–Trinajstić information content (AvgIpc) is 2.01. The molecule has 0 amide bonds. The van der Waals surface area contributed by atoms with Gasteiger partial charge in [0.15, 0.2) is 0 Å². The summed E-state index contributed by atoms with van der Waals surface area (Å²) in [6.45, 7) is 6.79. The Morgan fingerprint density at radius 1 is 1.36 bits per heavy atom. The molecule has 78 valence electrons.